The molecule has 2 atom stereocenters. The highest BCUT2D eigenvalue weighted by Gasteiger charge is 2.30. The molecule has 0 amide bonds. The van der Waals surface area contributed by atoms with Crippen molar-refractivity contribution in [1.82, 2.24) is 24.8 Å². The van der Waals surface area contributed by atoms with Crippen LogP contribution < -0.4 is 10.1 Å². The van der Waals surface area contributed by atoms with Gasteiger partial charge >= 0.3 is 6.18 Å². The molecule has 2 aromatic heterocycles. The van der Waals surface area contributed by atoms with Crippen molar-refractivity contribution in [2.24, 2.45) is 10.9 Å². The average Bonchev–Trinajstić information content (AvgIpc) is 3.25. The third-order valence-corrected chi connectivity index (χ3v) is 5.08. The molecule has 0 aromatic carbocycles. The van der Waals surface area contributed by atoms with Gasteiger partial charge in [-0.3, -0.25) is 0 Å². The summed E-state index contributed by atoms with van der Waals surface area (Å²) in [7, 11) is 0. The molecule has 0 aliphatic carbocycles. The van der Waals surface area contributed by atoms with Crippen LogP contribution in [0.25, 0.3) is 0 Å². The maximum absolute atomic E-state index is 12.5. The summed E-state index contributed by atoms with van der Waals surface area (Å²) < 4.78 is 44.5. The van der Waals surface area contributed by atoms with Crippen molar-refractivity contribution in [1.29, 1.82) is 0 Å². The number of piperidine rings is 1. The normalized spacial score (nSPS) is 20.3. The molecular formula is C20H27F3N6O. The number of guanidine groups is 1. The zero-order valence-corrected chi connectivity index (χ0v) is 17.1. The molecule has 164 valence electrons. The third-order valence-electron chi connectivity index (χ3n) is 5.08. The number of hydrogen-bond donors (Lipinski definition) is 1. The van der Waals surface area contributed by atoms with E-state index < -0.39 is 12.8 Å². The zero-order chi connectivity index (χ0) is 21.6. The highest BCUT2D eigenvalue weighted by Crippen LogP contribution is 2.27. The maximum atomic E-state index is 12.5. The second-order valence-electron chi connectivity index (χ2n) is 7.33. The van der Waals surface area contributed by atoms with Crippen LogP contribution in [0.3, 0.4) is 0 Å². The molecule has 2 unspecified atom stereocenters. The summed E-state index contributed by atoms with van der Waals surface area (Å²) in [4.78, 5) is 14.9. The first-order chi connectivity index (χ1) is 14.4. The molecule has 3 rings (SSSR count). The third kappa shape index (κ3) is 5.87. The van der Waals surface area contributed by atoms with E-state index in [0.29, 0.717) is 18.0 Å². The molecule has 1 aliphatic heterocycles. The molecule has 3 heterocycles. The summed E-state index contributed by atoms with van der Waals surface area (Å²) in [5.74, 6) is 1.18. The first-order valence-corrected chi connectivity index (χ1v) is 10.0. The van der Waals surface area contributed by atoms with Gasteiger partial charge in [0.15, 0.2) is 12.6 Å². The van der Waals surface area contributed by atoms with Crippen LogP contribution in [0.15, 0.2) is 42.0 Å². The first-order valence-electron chi connectivity index (χ1n) is 10.0. The molecule has 0 bridgehead atoms. The van der Waals surface area contributed by atoms with Crippen molar-refractivity contribution in [3.8, 4) is 5.88 Å². The zero-order valence-electron chi connectivity index (χ0n) is 17.1. The minimum absolute atomic E-state index is 0.0435. The predicted molar refractivity (Wildman–Crippen MR) is 107 cm³/mol. The topological polar surface area (TPSA) is 67.6 Å². The number of halogens is 3. The Morgan fingerprint density at radius 3 is 2.90 bits per heavy atom. The number of pyridine rings is 1. The van der Waals surface area contributed by atoms with Crippen LogP contribution in [-0.4, -0.2) is 57.8 Å². The Balaban J connectivity index is 1.74. The van der Waals surface area contributed by atoms with Crippen LogP contribution in [0.5, 0.6) is 5.88 Å². The summed E-state index contributed by atoms with van der Waals surface area (Å²) in [5.41, 5.74) is 0.508. The van der Waals surface area contributed by atoms with E-state index in [4.69, 9.17) is 4.74 Å². The lowest BCUT2D eigenvalue weighted by atomic mass is 9.93. The summed E-state index contributed by atoms with van der Waals surface area (Å²) >= 11 is 0. The van der Waals surface area contributed by atoms with Gasteiger partial charge in [-0.1, -0.05) is 13.0 Å². The number of aromatic nitrogens is 3. The fourth-order valence-corrected chi connectivity index (χ4v) is 3.51. The van der Waals surface area contributed by atoms with Gasteiger partial charge in [-0.15, -0.1) is 0 Å². The number of likely N-dealkylation sites (tertiary alicyclic amines) is 1. The van der Waals surface area contributed by atoms with Gasteiger partial charge in [0.1, 0.15) is 0 Å². The molecule has 1 aliphatic rings. The highest BCUT2D eigenvalue weighted by molar-refractivity contribution is 5.80. The Hall–Kier alpha value is -2.78. The Bertz CT molecular complexity index is 824. The number of nitrogens with one attached hydrogen (secondary N) is 1. The van der Waals surface area contributed by atoms with Crippen molar-refractivity contribution >= 4 is 5.96 Å². The Kier molecular flexibility index (Phi) is 7.17. The van der Waals surface area contributed by atoms with E-state index in [1.165, 1.54) is 6.20 Å². The van der Waals surface area contributed by atoms with Gasteiger partial charge in [0, 0.05) is 43.8 Å². The molecule has 0 spiro atoms. The summed E-state index contributed by atoms with van der Waals surface area (Å²) in [6.45, 7) is 5.31. The summed E-state index contributed by atoms with van der Waals surface area (Å²) in [5, 5.41) is 3.29. The maximum Gasteiger partial charge on any atom is 0.422 e. The minimum Gasteiger partial charge on any atom is -0.468 e. The van der Waals surface area contributed by atoms with Crippen molar-refractivity contribution in [3.63, 3.8) is 0 Å². The largest absolute Gasteiger partial charge is 0.468 e. The Labute approximate surface area is 174 Å². The van der Waals surface area contributed by atoms with E-state index in [2.05, 4.69) is 36.7 Å². The molecular weight excluding hydrogens is 397 g/mol. The monoisotopic (exact) mass is 424 g/mol. The van der Waals surface area contributed by atoms with Crippen LogP contribution in [-0.2, 0) is 6.54 Å². The number of ether oxygens (including phenoxy) is 1. The van der Waals surface area contributed by atoms with Crippen LogP contribution >= 0.6 is 0 Å². The van der Waals surface area contributed by atoms with Crippen LogP contribution in [0.1, 0.15) is 31.9 Å². The van der Waals surface area contributed by atoms with Gasteiger partial charge in [0.2, 0.25) is 5.88 Å². The fraction of sp³-hybridized carbons (Fsp3) is 0.550. The van der Waals surface area contributed by atoms with E-state index >= 15 is 0 Å². The van der Waals surface area contributed by atoms with Crippen molar-refractivity contribution in [2.75, 3.05) is 26.2 Å². The lowest BCUT2D eigenvalue weighted by molar-refractivity contribution is -0.154. The van der Waals surface area contributed by atoms with Gasteiger partial charge in [-0.2, -0.15) is 13.2 Å². The summed E-state index contributed by atoms with van der Waals surface area (Å²) in [6, 6.07) is 3.61. The van der Waals surface area contributed by atoms with Gasteiger partial charge < -0.3 is 19.5 Å². The van der Waals surface area contributed by atoms with Crippen molar-refractivity contribution in [3.05, 3.63) is 42.6 Å². The van der Waals surface area contributed by atoms with E-state index in [1.807, 2.05) is 19.4 Å². The van der Waals surface area contributed by atoms with Crippen molar-refractivity contribution < 1.29 is 17.9 Å². The summed E-state index contributed by atoms with van der Waals surface area (Å²) in [6.07, 6.45) is 3.56. The minimum atomic E-state index is -4.42. The van der Waals surface area contributed by atoms with Gasteiger partial charge in [0.05, 0.1) is 18.9 Å². The molecule has 1 N–H and O–H groups in total. The smallest absolute Gasteiger partial charge is 0.422 e. The first kappa shape index (κ1) is 21.9. The predicted octanol–water partition coefficient (Wildman–Crippen LogP) is 3.27. The molecule has 30 heavy (non-hydrogen) atoms. The number of nitrogens with zero attached hydrogens (tertiary/aromatic N) is 5. The van der Waals surface area contributed by atoms with Gasteiger partial charge in [-0.05, 0) is 25.3 Å². The standard InChI is InChI=1S/C20H27F3N6O/c1-3-25-19(28-9-6-15(2)17(12-28)29-10-8-24-14-29)27-11-16-5-4-7-26-18(16)30-13-20(21,22)23/h4-5,7-8,10,14-15,17H,3,6,9,11-13H2,1-2H3,(H,25,27). The molecule has 2 aromatic rings. The number of imidazole rings is 1. The second-order valence-corrected chi connectivity index (χ2v) is 7.33. The molecule has 7 nitrogen and oxygen atoms in total. The van der Waals surface area contributed by atoms with E-state index in [0.717, 1.165) is 25.5 Å². The van der Waals surface area contributed by atoms with E-state index in [-0.39, 0.29) is 18.5 Å². The SMILES string of the molecule is CCNC(=NCc1cccnc1OCC(F)(F)F)N1CCC(C)C(n2ccnc2)C1. The Morgan fingerprint density at radius 1 is 1.37 bits per heavy atom. The van der Waals surface area contributed by atoms with Crippen LogP contribution in [0.4, 0.5) is 13.2 Å². The molecule has 1 fully saturated rings. The number of alkyl halides is 3. The average molecular weight is 424 g/mol. The van der Waals surface area contributed by atoms with Crippen LogP contribution in [0.2, 0.25) is 0 Å². The number of aliphatic imine (C=N–C) groups is 1. The quantitative estimate of drug-likeness (QED) is 0.570. The molecule has 1 saturated heterocycles. The number of rotatable bonds is 6. The van der Waals surface area contributed by atoms with Gasteiger partial charge in [0.25, 0.3) is 0 Å². The fourth-order valence-electron chi connectivity index (χ4n) is 3.51. The highest BCUT2D eigenvalue weighted by atomic mass is 19.4. The van der Waals surface area contributed by atoms with E-state index in [9.17, 15) is 13.2 Å². The second kappa shape index (κ2) is 9.82. The lowest BCUT2D eigenvalue weighted by Crippen LogP contribution is -2.49. The molecule has 0 saturated carbocycles. The van der Waals surface area contributed by atoms with E-state index in [1.54, 1.807) is 18.3 Å². The van der Waals surface area contributed by atoms with Crippen molar-refractivity contribution in [2.45, 2.75) is 39.0 Å². The van der Waals surface area contributed by atoms with Crippen LogP contribution in [0, 0.1) is 5.92 Å². The number of hydrogen-bond acceptors (Lipinski definition) is 4. The molecule has 0 radical (unpaired) electrons. The molecule has 10 heteroatoms. The Morgan fingerprint density at radius 2 is 2.20 bits per heavy atom. The van der Waals surface area contributed by atoms with Gasteiger partial charge in [-0.25, -0.2) is 15.0 Å². The lowest BCUT2D eigenvalue weighted by Gasteiger charge is -2.39.